The Morgan fingerprint density at radius 2 is 2.14 bits per heavy atom. The minimum Gasteiger partial charge on any atom is -0.496 e. The van der Waals surface area contributed by atoms with Crippen LogP contribution in [0.15, 0.2) is 35.7 Å². The summed E-state index contributed by atoms with van der Waals surface area (Å²) in [4.78, 5) is 11.8. The highest BCUT2D eigenvalue weighted by molar-refractivity contribution is 7.10. The van der Waals surface area contributed by atoms with Crippen molar-refractivity contribution in [2.45, 2.75) is 19.3 Å². The third-order valence-electron chi connectivity index (χ3n) is 3.26. The maximum Gasteiger partial charge on any atom is 0.275 e. The Hall–Kier alpha value is -2.08. The first-order valence-corrected chi connectivity index (χ1v) is 7.42. The quantitative estimate of drug-likeness (QED) is 0.646. The minimum absolute atomic E-state index is 0.0192. The van der Waals surface area contributed by atoms with Gasteiger partial charge in [-0.1, -0.05) is 19.9 Å². The monoisotopic (exact) mass is 306 g/mol. The number of nitrogens with one attached hydrogen (secondary N) is 1. The van der Waals surface area contributed by atoms with E-state index in [-0.39, 0.29) is 11.1 Å². The highest BCUT2D eigenvalue weighted by Gasteiger charge is 2.22. The molecule has 0 spiro atoms. The van der Waals surface area contributed by atoms with Gasteiger partial charge in [0.2, 0.25) is 0 Å². The zero-order valence-corrected chi connectivity index (χ0v) is 13.1. The number of hydrogen-bond acceptors (Lipinski definition) is 5. The summed E-state index contributed by atoms with van der Waals surface area (Å²) in [7, 11) is 1.50. The number of non-ortho nitro benzene ring substituents is 1. The average molecular weight is 306 g/mol. The Morgan fingerprint density at radius 1 is 1.38 bits per heavy atom. The van der Waals surface area contributed by atoms with Gasteiger partial charge in [0, 0.05) is 34.7 Å². The second-order valence-electron chi connectivity index (χ2n) is 5.39. The van der Waals surface area contributed by atoms with Gasteiger partial charge >= 0.3 is 0 Å². The van der Waals surface area contributed by atoms with E-state index in [1.807, 2.05) is 11.4 Å². The number of thiophene rings is 1. The number of methoxy groups -OCH3 is 1. The number of rotatable bonds is 6. The molecular weight excluding hydrogens is 288 g/mol. The molecular formula is C15H18N2O3S. The molecule has 2 rings (SSSR count). The lowest BCUT2D eigenvalue weighted by Crippen LogP contribution is -2.26. The zero-order chi connectivity index (χ0) is 15.5. The van der Waals surface area contributed by atoms with Crippen LogP contribution in [0.3, 0.4) is 0 Å². The fourth-order valence-electron chi connectivity index (χ4n) is 1.98. The van der Waals surface area contributed by atoms with Gasteiger partial charge in [-0.25, -0.2) is 0 Å². The van der Waals surface area contributed by atoms with Crippen molar-refractivity contribution in [2.75, 3.05) is 19.0 Å². The van der Waals surface area contributed by atoms with Crippen molar-refractivity contribution in [2.24, 2.45) is 0 Å². The van der Waals surface area contributed by atoms with E-state index in [4.69, 9.17) is 4.74 Å². The van der Waals surface area contributed by atoms with Crippen molar-refractivity contribution in [1.29, 1.82) is 0 Å². The molecule has 21 heavy (non-hydrogen) atoms. The highest BCUT2D eigenvalue weighted by Crippen LogP contribution is 2.30. The SMILES string of the molecule is COc1cc(NCC(C)(C)c2cccs2)cc([N+](=O)[O-])c1. The molecule has 1 aromatic heterocycles. The summed E-state index contributed by atoms with van der Waals surface area (Å²) in [6.07, 6.45) is 0. The number of hydrogen-bond donors (Lipinski definition) is 1. The summed E-state index contributed by atoms with van der Waals surface area (Å²) in [6.45, 7) is 4.96. The van der Waals surface area contributed by atoms with Gasteiger partial charge in [0.1, 0.15) is 5.75 Å². The molecule has 0 saturated heterocycles. The lowest BCUT2D eigenvalue weighted by molar-refractivity contribution is -0.384. The second kappa shape index (κ2) is 6.13. The van der Waals surface area contributed by atoms with Crippen molar-refractivity contribution >= 4 is 22.7 Å². The van der Waals surface area contributed by atoms with Crippen LogP contribution in [0.4, 0.5) is 11.4 Å². The second-order valence-corrected chi connectivity index (χ2v) is 6.34. The molecule has 0 fully saturated rings. The Morgan fingerprint density at radius 3 is 2.71 bits per heavy atom. The van der Waals surface area contributed by atoms with Gasteiger partial charge in [0.15, 0.2) is 0 Å². The van der Waals surface area contributed by atoms with Gasteiger partial charge in [-0.15, -0.1) is 11.3 Å². The molecule has 112 valence electrons. The van der Waals surface area contributed by atoms with E-state index in [9.17, 15) is 10.1 Å². The summed E-state index contributed by atoms with van der Waals surface area (Å²) in [5.74, 6) is 0.473. The van der Waals surface area contributed by atoms with Crippen molar-refractivity contribution in [1.82, 2.24) is 0 Å². The zero-order valence-electron chi connectivity index (χ0n) is 12.3. The van der Waals surface area contributed by atoms with Crippen LogP contribution in [0.25, 0.3) is 0 Å². The Bertz CT molecular complexity index is 624. The summed E-state index contributed by atoms with van der Waals surface area (Å²) in [5.41, 5.74) is 0.655. The maximum absolute atomic E-state index is 10.9. The minimum atomic E-state index is -0.419. The van der Waals surface area contributed by atoms with Crippen LogP contribution >= 0.6 is 11.3 Å². The van der Waals surface area contributed by atoms with Gasteiger partial charge in [-0.3, -0.25) is 10.1 Å². The number of ether oxygens (including phenoxy) is 1. The van der Waals surface area contributed by atoms with Crippen LogP contribution in [0.1, 0.15) is 18.7 Å². The third-order valence-corrected chi connectivity index (χ3v) is 4.50. The predicted molar refractivity (Wildman–Crippen MR) is 85.5 cm³/mol. The molecule has 6 heteroatoms. The van der Waals surface area contributed by atoms with Crippen molar-refractivity contribution in [3.8, 4) is 5.75 Å². The molecule has 1 aromatic carbocycles. The van der Waals surface area contributed by atoms with Gasteiger partial charge in [-0.05, 0) is 11.4 Å². The average Bonchev–Trinajstić information content (AvgIpc) is 3.00. The molecule has 0 atom stereocenters. The van der Waals surface area contributed by atoms with Crippen molar-refractivity contribution < 1.29 is 9.66 Å². The molecule has 1 heterocycles. The molecule has 2 aromatic rings. The van der Waals surface area contributed by atoms with E-state index >= 15 is 0 Å². The van der Waals surface area contributed by atoms with Crippen LogP contribution < -0.4 is 10.1 Å². The fraction of sp³-hybridized carbons (Fsp3) is 0.333. The third kappa shape index (κ3) is 3.72. The first-order valence-electron chi connectivity index (χ1n) is 6.54. The lowest BCUT2D eigenvalue weighted by atomic mass is 9.91. The highest BCUT2D eigenvalue weighted by atomic mass is 32.1. The molecule has 5 nitrogen and oxygen atoms in total. The Kier molecular flexibility index (Phi) is 4.47. The smallest absolute Gasteiger partial charge is 0.275 e. The number of anilines is 1. The summed E-state index contributed by atoms with van der Waals surface area (Å²) in [6, 6.07) is 8.82. The molecule has 0 bridgehead atoms. The van der Waals surface area contributed by atoms with Crippen molar-refractivity contribution in [3.05, 3.63) is 50.7 Å². The van der Waals surface area contributed by atoms with E-state index < -0.39 is 4.92 Å². The van der Waals surface area contributed by atoms with Crippen LogP contribution in [0.2, 0.25) is 0 Å². The normalized spacial score (nSPS) is 11.2. The van der Waals surface area contributed by atoms with E-state index in [0.717, 1.165) is 0 Å². The molecule has 0 unspecified atom stereocenters. The maximum atomic E-state index is 10.9. The van der Waals surface area contributed by atoms with Crippen LogP contribution in [-0.2, 0) is 5.41 Å². The van der Waals surface area contributed by atoms with E-state index in [0.29, 0.717) is 18.0 Å². The fourth-order valence-corrected chi connectivity index (χ4v) is 2.83. The van der Waals surface area contributed by atoms with Crippen LogP contribution in [0.5, 0.6) is 5.75 Å². The molecule has 1 N–H and O–H groups in total. The lowest BCUT2D eigenvalue weighted by Gasteiger charge is -2.24. The molecule has 0 aliphatic carbocycles. The topological polar surface area (TPSA) is 64.4 Å². The molecule has 0 amide bonds. The van der Waals surface area contributed by atoms with E-state index in [1.165, 1.54) is 24.1 Å². The molecule has 0 aliphatic heterocycles. The van der Waals surface area contributed by atoms with Gasteiger partial charge in [-0.2, -0.15) is 0 Å². The largest absolute Gasteiger partial charge is 0.496 e. The van der Waals surface area contributed by atoms with Gasteiger partial charge in [0.05, 0.1) is 18.1 Å². The number of nitrogens with zero attached hydrogens (tertiary/aromatic N) is 1. The number of benzene rings is 1. The van der Waals surface area contributed by atoms with Crippen LogP contribution in [0, 0.1) is 10.1 Å². The first-order chi connectivity index (χ1) is 9.92. The summed E-state index contributed by atoms with van der Waals surface area (Å²) >= 11 is 1.71. The number of nitro groups is 1. The van der Waals surface area contributed by atoms with E-state index in [1.54, 1.807) is 17.4 Å². The Labute approximate surface area is 127 Å². The summed E-state index contributed by atoms with van der Waals surface area (Å²) < 4.78 is 5.11. The van der Waals surface area contributed by atoms with E-state index in [2.05, 4.69) is 25.2 Å². The first kappa shape index (κ1) is 15.3. The predicted octanol–water partition coefficient (Wildman–Crippen LogP) is 4.05. The molecule has 0 aliphatic rings. The molecule has 0 saturated carbocycles. The van der Waals surface area contributed by atoms with Crippen molar-refractivity contribution in [3.63, 3.8) is 0 Å². The standard InChI is InChI=1S/C15H18N2O3S/c1-15(2,14-5-4-6-21-14)10-16-11-7-12(17(18)19)9-13(8-11)20-3/h4-9,16H,10H2,1-3H3. The van der Waals surface area contributed by atoms with Gasteiger partial charge in [0.25, 0.3) is 5.69 Å². The summed E-state index contributed by atoms with van der Waals surface area (Å²) in [5, 5.41) is 16.2. The van der Waals surface area contributed by atoms with Crippen LogP contribution in [-0.4, -0.2) is 18.6 Å². The van der Waals surface area contributed by atoms with Gasteiger partial charge < -0.3 is 10.1 Å². The Balaban J connectivity index is 2.16. The molecule has 0 radical (unpaired) electrons. The number of nitro benzene ring substituents is 1.